The minimum absolute atomic E-state index is 0.0669. The zero-order valence-corrected chi connectivity index (χ0v) is 17.6. The van der Waals surface area contributed by atoms with Crippen LogP contribution < -0.4 is 5.32 Å². The fraction of sp³-hybridized carbons (Fsp3) is 0.158. The molecule has 3 aromatic rings. The number of sulfonamides is 1. The topological polar surface area (TPSA) is 79.4 Å². The maximum Gasteiger partial charge on any atom is 0.251 e. The number of carbonyl (C=O) groups is 1. The summed E-state index contributed by atoms with van der Waals surface area (Å²) in [5.74, 6) is -0.402. The number of amides is 1. The van der Waals surface area contributed by atoms with E-state index in [0.29, 0.717) is 0 Å². The van der Waals surface area contributed by atoms with Gasteiger partial charge in [-0.25, -0.2) is 17.7 Å². The van der Waals surface area contributed by atoms with Crippen molar-refractivity contribution < 1.29 is 13.2 Å². The first-order valence-corrected chi connectivity index (χ1v) is 11.0. The van der Waals surface area contributed by atoms with Crippen molar-refractivity contribution in [3.63, 3.8) is 0 Å². The highest BCUT2D eigenvalue weighted by molar-refractivity contribution is 7.89. The Morgan fingerprint density at radius 1 is 1.18 bits per heavy atom. The first-order chi connectivity index (χ1) is 13.3. The molecule has 0 fully saturated rings. The predicted octanol–water partition coefficient (Wildman–Crippen LogP) is 3.64. The van der Waals surface area contributed by atoms with E-state index in [0.717, 1.165) is 20.6 Å². The van der Waals surface area contributed by atoms with E-state index in [1.807, 2.05) is 35.7 Å². The van der Waals surface area contributed by atoms with E-state index in [4.69, 9.17) is 11.6 Å². The van der Waals surface area contributed by atoms with Gasteiger partial charge in [0, 0.05) is 30.6 Å². The first-order valence-electron chi connectivity index (χ1n) is 8.29. The van der Waals surface area contributed by atoms with E-state index in [-0.39, 0.29) is 22.0 Å². The maximum absolute atomic E-state index is 12.5. The summed E-state index contributed by atoms with van der Waals surface area (Å²) >= 11 is 7.51. The number of thiazole rings is 1. The third kappa shape index (κ3) is 4.41. The van der Waals surface area contributed by atoms with Crippen LogP contribution in [0.4, 0.5) is 0 Å². The summed E-state index contributed by atoms with van der Waals surface area (Å²) in [7, 11) is -0.932. The molecule has 1 aromatic heterocycles. The van der Waals surface area contributed by atoms with Gasteiger partial charge in [-0.2, -0.15) is 0 Å². The number of halogens is 1. The lowest BCUT2D eigenvalue weighted by Crippen LogP contribution is -2.25. The summed E-state index contributed by atoms with van der Waals surface area (Å²) in [5, 5.41) is 5.58. The van der Waals surface area contributed by atoms with Crippen molar-refractivity contribution in [1.29, 1.82) is 0 Å². The molecular formula is C19H18ClN3O3S2. The average molecular weight is 436 g/mol. The van der Waals surface area contributed by atoms with E-state index in [2.05, 4.69) is 10.3 Å². The summed E-state index contributed by atoms with van der Waals surface area (Å²) < 4.78 is 25.7. The Hall–Kier alpha value is -2.26. The lowest BCUT2D eigenvalue weighted by atomic mass is 10.2. The van der Waals surface area contributed by atoms with Crippen LogP contribution in [-0.2, 0) is 16.6 Å². The van der Waals surface area contributed by atoms with Crippen molar-refractivity contribution in [2.45, 2.75) is 11.4 Å². The molecule has 0 bridgehead atoms. The summed E-state index contributed by atoms with van der Waals surface area (Å²) in [6.07, 6.45) is 0. The highest BCUT2D eigenvalue weighted by Gasteiger charge is 2.22. The van der Waals surface area contributed by atoms with Crippen molar-refractivity contribution in [3.05, 3.63) is 70.2 Å². The second-order valence-electron chi connectivity index (χ2n) is 6.13. The van der Waals surface area contributed by atoms with E-state index in [1.54, 1.807) is 0 Å². The Kier molecular flexibility index (Phi) is 6.14. The molecule has 1 amide bonds. The van der Waals surface area contributed by atoms with Gasteiger partial charge in [0.1, 0.15) is 9.90 Å². The minimum atomic E-state index is -3.75. The smallest absolute Gasteiger partial charge is 0.251 e. The number of carbonyl (C=O) groups excluding carboxylic acids is 1. The Balaban J connectivity index is 1.73. The fourth-order valence-electron chi connectivity index (χ4n) is 2.41. The molecule has 0 aliphatic heterocycles. The standard InChI is InChI=1S/C19H18ClN3O3S2/c1-23(2)28(25,26)17-10-14(8-9-16(17)20)18(24)21-11-15-12-27-19(22-15)13-6-4-3-5-7-13/h3-10,12H,11H2,1-2H3,(H,21,24). The van der Waals surface area contributed by atoms with Gasteiger partial charge in [0.05, 0.1) is 17.3 Å². The van der Waals surface area contributed by atoms with Crippen LogP contribution >= 0.6 is 22.9 Å². The molecule has 1 heterocycles. The number of benzene rings is 2. The third-order valence-electron chi connectivity index (χ3n) is 3.95. The highest BCUT2D eigenvalue weighted by Crippen LogP contribution is 2.25. The summed E-state index contributed by atoms with van der Waals surface area (Å²) in [5.41, 5.74) is 1.96. The highest BCUT2D eigenvalue weighted by atomic mass is 35.5. The normalized spacial score (nSPS) is 11.6. The lowest BCUT2D eigenvalue weighted by Gasteiger charge is -2.13. The van der Waals surface area contributed by atoms with E-state index in [9.17, 15) is 13.2 Å². The fourth-order valence-corrected chi connectivity index (χ4v) is 4.63. The van der Waals surface area contributed by atoms with Crippen LogP contribution in [0.25, 0.3) is 10.6 Å². The van der Waals surface area contributed by atoms with Crippen molar-refractivity contribution >= 4 is 38.9 Å². The number of nitrogens with one attached hydrogen (secondary N) is 1. The van der Waals surface area contributed by atoms with E-state index in [1.165, 1.54) is 43.6 Å². The van der Waals surface area contributed by atoms with E-state index >= 15 is 0 Å². The quantitative estimate of drug-likeness (QED) is 0.641. The summed E-state index contributed by atoms with van der Waals surface area (Å²) in [4.78, 5) is 16.9. The average Bonchev–Trinajstić information content (AvgIpc) is 3.16. The molecule has 9 heteroatoms. The van der Waals surface area contributed by atoms with Gasteiger partial charge in [0.2, 0.25) is 10.0 Å². The maximum atomic E-state index is 12.5. The molecule has 2 aromatic carbocycles. The van der Waals surface area contributed by atoms with Gasteiger partial charge < -0.3 is 5.32 Å². The molecule has 0 aliphatic rings. The SMILES string of the molecule is CN(C)S(=O)(=O)c1cc(C(=O)NCc2csc(-c3ccccc3)n2)ccc1Cl. The lowest BCUT2D eigenvalue weighted by molar-refractivity contribution is 0.0950. The number of rotatable bonds is 6. The molecule has 0 spiro atoms. The molecule has 0 unspecified atom stereocenters. The van der Waals surface area contributed by atoms with Crippen LogP contribution in [0.1, 0.15) is 16.1 Å². The molecule has 6 nitrogen and oxygen atoms in total. The summed E-state index contributed by atoms with van der Waals surface area (Å²) in [6.45, 7) is 0.237. The second kappa shape index (κ2) is 8.40. The Morgan fingerprint density at radius 3 is 2.57 bits per heavy atom. The molecule has 146 valence electrons. The van der Waals surface area contributed by atoms with Crippen molar-refractivity contribution in [1.82, 2.24) is 14.6 Å². The van der Waals surface area contributed by atoms with Gasteiger partial charge in [-0.05, 0) is 18.2 Å². The Morgan fingerprint density at radius 2 is 1.89 bits per heavy atom. The Bertz CT molecular complexity index is 1100. The molecule has 0 saturated heterocycles. The van der Waals surface area contributed by atoms with Gasteiger partial charge >= 0.3 is 0 Å². The van der Waals surface area contributed by atoms with Crippen LogP contribution in [0.3, 0.4) is 0 Å². The van der Waals surface area contributed by atoms with Gasteiger partial charge in [-0.3, -0.25) is 4.79 Å². The predicted molar refractivity (Wildman–Crippen MR) is 111 cm³/mol. The van der Waals surface area contributed by atoms with Crippen LogP contribution in [-0.4, -0.2) is 37.7 Å². The zero-order valence-electron chi connectivity index (χ0n) is 15.2. The zero-order chi connectivity index (χ0) is 20.3. The first kappa shape index (κ1) is 20.5. The molecule has 1 N–H and O–H groups in total. The number of aromatic nitrogens is 1. The largest absolute Gasteiger partial charge is 0.346 e. The van der Waals surface area contributed by atoms with Gasteiger partial charge in [-0.15, -0.1) is 11.3 Å². The van der Waals surface area contributed by atoms with Crippen molar-refractivity contribution in [2.75, 3.05) is 14.1 Å². The van der Waals surface area contributed by atoms with Crippen LogP contribution in [0.2, 0.25) is 5.02 Å². The third-order valence-corrected chi connectivity index (χ3v) is 7.19. The monoisotopic (exact) mass is 435 g/mol. The molecular weight excluding hydrogens is 418 g/mol. The molecule has 0 radical (unpaired) electrons. The minimum Gasteiger partial charge on any atom is -0.346 e. The molecule has 0 atom stereocenters. The molecule has 0 aliphatic carbocycles. The van der Waals surface area contributed by atoms with Gasteiger partial charge in [-0.1, -0.05) is 41.9 Å². The van der Waals surface area contributed by atoms with Crippen molar-refractivity contribution in [2.24, 2.45) is 0 Å². The van der Waals surface area contributed by atoms with Crippen molar-refractivity contribution in [3.8, 4) is 10.6 Å². The number of hydrogen-bond acceptors (Lipinski definition) is 5. The molecule has 28 heavy (non-hydrogen) atoms. The van der Waals surface area contributed by atoms with Gasteiger partial charge in [0.25, 0.3) is 5.91 Å². The van der Waals surface area contributed by atoms with Gasteiger partial charge in [0.15, 0.2) is 0 Å². The van der Waals surface area contributed by atoms with E-state index < -0.39 is 15.9 Å². The number of nitrogens with zero attached hydrogens (tertiary/aromatic N) is 2. The summed E-state index contributed by atoms with van der Waals surface area (Å²) in [6, 6.07) is 13.9. The number of hydrogen-bond donors (Lipinski definition) is 1. The van der Waals surface area contributed by atoms with Crippen LogP contribution in [0, 0.1) is 0 Å². The second-order valence-corrected chi connectivity index (χ2v) is 9.51. The molecule has 0 saturated carbocycles. The van der Waals surface area contributed by atoms with Crippen LogP contribution in [0.15, 0.2) is 58.8 Å². The van der Waals surface area contributed by atoms with Crippen LogP contribution in [0.5, 0.6) is 0 Å². The Labute approximate surface area is 172 Å². The molecule has 3 rings (SSSR count).